The Balaban J connectivity index is 2.43. The number of rotatable bonds is 3. The van der Waals surface area contributed by atoms with E-state index in [-0.39, 0.29) is 5.75 Å². The third-order valence-corrected chi connectivity index (χ3v) is 3.34. The summed E-state index contributed by atoms with van der Waals surface area (Å²) in [5.41, 5.74) is 0.374. The lowest BCUT2D eigenvalue weighted by atomic mass is 10.1. The first-order valence-electron chi connectivity index (χ1n) is 5.58. The Morgan fingerprint density at radius 1 is 1.32 bits per heavy atom. The van der Waals surface area contributed by atoms with E-state index < -0.39 is 11.9 Å². The molecule has 0 radical (unpaired) electrons. The van der Waals surface area contributed by atoms with Crippen LogP contribution in [0.15, 0.2) is 40.9 Å². The molecule has 100 valence electrons. The molecule has 0 bridgehead atoms. The predicted octanol–water partition coefficient (Wildman–Crippen LogP) is 5.09. The van der Waals surface area contributed by atoms with Crippen LogP contribution in [0.2, 0.25) is 5.02 Å². The lowest BCUT2D eigenvalue weighted by molar-refractivity contribution is 0.194. The van der Waals surface area contributed by atoms with Gasteiger partial charge in [-0.05, 0) is 31.2 Å². The van der Waals surface area contributed by atoms with E-state index in [0.717, 1.165) is 4.47 Å². The summed E-state index contributed by atoms with van der Waals surface area (Å²) in [4.78, 5) is 0. The number of aliphatic hydroxyl groups excluding tert-OH is 1. The van der Waals surface area contributed by atoms with Crippen LogP contribution in [0.25, 0.3) is 0 Å². The lowest BCUT2D eigenvalue weighted by Crippen LogP contribution is -1.99. The van der Waals surface area contributed by atoms with E-state index in [1.807, 2.05) is 0 Å². The molecule has 0 unspecified atom stereocenters. The smallest absolute Gasteiger partial charge is 0.168 e. The summed E-state index contributed by atoms with van der Waals surface area (Å²) in [6, 6.07) is 9.42. The topological polar surface area (TPSA) is 29.5 Å². The molecule has 0 aromatic heterocycles. The highest BCUT2D eigenvalue weighted by atomic mass is 79.9. The summed E-state index contributed by atoms with van der Waals surface area (Å²) in [5, 5.41) is 9.99. The molecule has 2 rings (SSSR count). The molecule has 0 spiro atoms. The van der Waals surface area contributed by atoms with Crippen molar-refractivity contribution < 1.29 is 14.2 Å². The maximum Gasteiger partial charge on any atom is 0.168 e. The third-order valence-electron chi connectivity index (χ3n) is 2.55. The van der Waals surface area contributed by atoms with Crippen LogP contribution >= 0.6 is 27.5 Å². The minimum absolute atomic E-state index is 0.0123. The first-order valence-corrected chi connectivity index (χ1v) is 6.75. The zero-order chi connectivity index (χ0) is 14.0. The van der Waals surface area contributed by atoms with Gasteiger partial charge in [-0.15, -0.1) is 0 Å². The molecule has 2 nitrogen and oxygen atoms in total. The number of ether oxygens (including phenoxy) is 1. The monoisotopic (exact) mass is 344 g/mol. The number of aliphatic hydroxyl groups is 1. The van der Waals surface area contributed by atoms with E-state index in [2.05, 4.69) is 15.9 Å². The molecule has 19 heavy (non-hydrogen) atoms. The van der Waals surface area contributed by atoms with Gasteiger partial charge in [0.15, 0.2) is 11.6 Å². The van der Waals surface area contributed by atoms with Gasteiger partial charge >= 0.3 is 0 Å². The van der Waals surface area contributed by atoms with Gasteiger partial charge in [-0.1, -0.05) is 39.7 Å². The number of para-hydroxylation sites is 1. The summed E-state index contributed by atoms with van der Waals surface area (Å²) in [5.74, 6) is -0.226. The van der Waals surface area contributed by atoms with Gasteiger partial charge in [0.25, 0.3) is 0 Å². The van der Waals surface area contributed by atoms with Gasteiger partial charge in [0.05, 0.1) is 11.1 Å². The van der Waals surface area contributed by atoms with Crippen molar-refractivity contribution in [3.63, 3.8) is 0 Å². The maximum atomic E-state index is 13.8. The van der Waals surface area contributed by atoms with E-state index in [9.17, 15) is 9.50 Å². The zero-order valence-corrected chi connectivity index (χ0v) is 12.4. The fraction of sp³-hybridized carbons (Fsp3) is 0.143. The van der Waals surface area contributed by atoms with Crippen LogP contribution in [0, 0.1) is 5.82 Å². The molecule has 0 amide bonds. The molecular formula is C14H11BrClFO2. The Bertz CT molecular complexity index is 602. The summed E-state index contributed by atoms with van der Waals surface area (Å²) < 4.78 is 20.1. The van der Waals surface area contributed by atoms with Crippen molar-refractivity contribution in [1.29, 1.82) is 0 Å². The molecule has 2 aromatic carbocycles. The fourth-order valence-corrected chi connectivity index (χ4v) is 2.34. The highest BCUT2D eigenvalue weighted by Crippen LogP contribution is 2.36. The molecule has 0 saturated heterocycles. The van der Waals surface area contributed by atoms with Gasteiger partial charge in [-0.2, -0.15) is 0 Å². The predicted molar refractivity (Wildman–Crippen MR) is 76.3 cm³/mol. The molecule has 0 saturated carbocycles. The number of hydrogen-bond donors (Lipinski definition) is 1. The second kappa shape index (κ2) is 5.90. The summed E-state index contributed by atoms with van der Waals surface area (Å²) >= 11 is 9.30. The van der Waals surface area contributed by atoms with Gasteiger partial charge in [0.2, 0.25) is 0 Å². The first kappa shape index (κ1) is 14.3. The van der Waals surface area contributed by atoms with Gasteiger partial charge in [0, 0.05) is 10.0 Å². The fourth-order valence-electron chi connectivity index (χ4n) is 1.63. The molecular weight excluding hydrogens is 335 g/mol. The van der Waals surface area contributed by atoms with Crippen molar-refractivity contribution in [3.8, 4) is 11.5 Å². The molecule has 0 aliphatic heterocycles. The minimum Gasteiger partial charge on any atom is -0.452 e. The molecule has 0 fully saturated rings. The molecule has 0 aliphatic rings. The Hall–Kier alpha value is -1.10. The van der Waals surface area contributed by atoms with Crippen molar-refractivity contribution in [3.05, 3.63) is 57.3 Å². The minimum atomic E-state index is -0.833. The van der Waals surface area contributed by atoms with Crippen LogP contribution in [0.4, 0.5) is 4.39 Å². The van der Waals surface area contributed by atoms with E-state index in [4.69, 9.17) is 16.3 Å². The average molecular weight is 346 g/mol. The van der Waals surface area contributed by atoms with Crippen LogP contribution in [-0.4, -0.2) is 5.11 Å². The van der Waals surface area contributed by atoms with E-state index in [1.165, 1.54) is 12.1 Å². The average Bonchev–Trinajstić information content (AvgIpc) is 2.34. The second-order valence-electron chi connectivity index (χ2n) is 4.01. The molecule has 1 atom stereocenters. The SMILES string of the molecule is C[C@@H](O)c1cccc(F)c1Oc1ccc(Br)cc1Cl. The number of benzene rings is 2. The Labute approximate surface area is 123 Å². The van der Waals surface area contributed by atoms with Crippen molar-refractivity contribution in [2.24, 2.45) is 0 Å². The van der Waals surface area contributed by atoms with Crippen molar-refractivity contribution in [2.45, 2.75) is 13.0 Å². The van der Waals surface area contributed by atoms with Gasteiger partial charge in [-0.25, -0.2) is 4.39 Å². The van der Waals surface area contributed by atoms with Crippen molar-refractivity contribution in [1.82, 2.24) is 0 Å². The zero-order valence-electron chi connectivity index (χ0n) is 10.0. The summed E-state index contributed by atoms with van der Waals surface area (Å²) in [6.07, 6.45) is -0.833. The Kier molecular flexibility index (Phi) is 4.45. The Morgan fingerprint density at radius 3 is 2.68 bits per heavy atom. The van der Waals surface area contributed by atoms with Crippen LogP contribution in [0.3, 0.4) is 0 Å². The van der Waals surface area contributed by atoms with Crippen molar-refractivity contribution in [2.75, 3.05) is 0 Å². The van der Waals surface area contributed by atoms with Crippen LogP contribution in [0.1, 0.15) is 18.6 Å². The maximum absolute atomic E-state index is 13.8. The van der Waals surface area contributed by atoms with Gasteiger partial charge in [-0.3, -0.25) is 0 Å². The van der Waals surface area contributed by atoms with Gasteiger partial charge < -0.3 is 9.84 Å². The molecule has 0 heterocycles. The van der Waals surface area contributed by atoms with E-state index >= 15 is 0 Å². The quantitative estimate of drug-likeness (QED) is 0.840. The lowest BCUT2D eigenvalue weighted by Gasteiger charge is -2.14. The van der Waals surface area contributed by atoms with E-state index in [1.54, 1.807) is 31.2 Å². The third kappa shape index (κ3) is 3.26. The first-order chi connectivity index (χ1) is 8.99. The van der Waals surface area contributed by atoms with Crippen LogP contribution < -0.4 is 4.74 Å². The molecule has 1 N–H and O–H groups in total. The molecule has 0 aliphatic carbocycles. The standard InChI is InChI=1S/C14H11BrClFO2/c1-8(18)10-3-2-4-12(17)14(10)19-13-6-5-9(15)7-11(13)16/h2-8,18H,1H3/t8-/m1/s1. The highest BCUT2D eigenvalue weighted by Gasteiger charge is 2.16. The largest absolute Gasteiger partial charge is 0.452 e. The molecule has 2 aromatic rings. The summed E-state index contributed by atoms with van der Waals surface area (Å²) in [7, 11) is 0. The van der Waals surface area contributed by atoms with Crippen molar-refractivity contribution >= 4 is 27.5 Å². The Morgan fingerprint density at radius 2 is 2.05 bits per heavy atom. The van der Waals surface area contributed by atoms with Crippen LogP contribution in [0.5, 0.6) is 11.5 Å². The van der Waals surface area contributed by atoms with Gasteiger partial charge in [0.1, 0.15) is 5.75 Å². The normalized spacial score (nSPS) is 12.3. The highest BCUT2D eigenvalue weighted by molar-refractivity contribution is 9.10. The van der Waals surface area contributed by atoms with Crippen LogP contribution in [-0.2, 0) is 0 Å². The summed E-state index contributed by atoms with van der Waals surface area (Å²) in [6.45, 7) is 1.55. The molecule has 5 heteroatoms. The number of halogens is 3. The van der Waals surface area contributed by atoms with E-state index in [0.29, 0.717) is 16.3 Å². The second-order valence-corrected chi connectivity index (χ2v) is 5.33. The number of hydrogen-bond acceptors (Lipinski definition) is 2.